The molecule has 3 heterocycles. The Hall–Kier alpha value is -1.76. The van der Waals surface area contributed by atoms with Crippen molar-refractivity contribution in [3.8, 4) is 0 Å². The molecule has 3 rings (SSSR count). The van der Waals surface area contributed by atoms with Crippen molar-refractivity contribution in [1.29, 1.82) is 0 Å². The van der Waals surface area contributed by atoms with Crippen LogP contribution < -0.4 is 0 Å². The van der Waals surface area contributed by atoms with Gasteiger partial charge in [-0.1, -0.05) is 19.0 Å². The maximum Gasteiger partial charge on any atom is 0.229 e. The zero-order chi connectivity index (χ0) is 15.7. The Bertz CT molecular complexity index is 664. The van der Waals surface area contributed by atoms with E-state index in [1.807, 2.05) is 10.3 Å². The summed E-state index contributed by atoms with van der Waals surface area (Å²) in [6.07, 6.45) is 2.20. The molecule has 2 aromatic heterocycles. The lowest BCUT2D eigenvalue weighted by Gasteiger charge is -2.21. The lowest BCUT2D eigenvalue weighted by atomic mass is 10.2. The fourth-order valence-electron chi connectivity index (χ4n) is 2.71. The molecule has 0 aromatic carbocycles. The molecular formula is C15H20N4O2S. The van der Waals surface area contributed by atoms with Crippen LogP contribution in [0.4, 0.5) is 0 Å². The van der Waals surface area contributed by atoms with Crippen molar-refractivity contribution >= 4 is 17.2 Å². The number of amides is 1. The molecule has 118 valence electrons. The predicted molar refractivity (Wildman–Crippen MR) is 82.6 cm³/mol. The Morgan fingerprint density at radius 3 is 2.95 bits per heavy atom. The first-order chi connectivity index (χ1) is 10.5. The van der Waals surface area contributed by atoms with Crippen LogP contribution in [0.3, 0.4) is 0 Å². The third-order valence-electron chi connectivity index (χ3n) is 3.81. The molecule has 1 aliphatic heterocycles. The molecule has 0 radical (unpaired) electrons. The van der Waals surface area contributed by atoms with Crippen molar-refractivity contribution in [1.82, 2.24) is 20.0 Å². The highest BCUT2D eigenvalue weighted by Gasteiger charge is 2.33. The fourth-order valence-corrected chi connectivity index (χ4v) is 3.54. The second kappa shape index (κ2) is 6.16. The summed E-state index contributed by atoms with van der Waals surface area (Å²) in [6.45, 7) is 6.73. The van der Waals surface area contributed by atoms with Crippen LogP contribution in [0.5, 0.6) is 0 Å². The van der Waals surface area contributed by atoms with Crippen LogP contribution in [0.15, 0.2) is 9.90 Å². The second-order valence-corrected chi connectivity index (χ2v) is 6.81. The minimum atomic E-state index is -0.0619. The Kier molecular flexibility index (Phi) is 4.24. The van der Waals surface area contributed by atoms with E-state index >= 15 is 0 Å². The van der Waals surface area contributed by atoms with Crippen LogP contribution in [0.25, 0.3) is 0 Å². The molecule has 0 N–H and O–H groups in total. The highest BCUT2D eigenvalue weighted by molar-refractivity contribution is 7.09. The van der Waals surface area contributed by atoms with Gasteiger partial charge in [0, 0.05) is 24.8 Å². The minimum absolute atomic E-state index is 0.0619. The van der Waals surface area contributed by atoms with Crippen molar-refractivity contribution < 1.29 is 9.32 Å². The SMILES string of the molecule is Cc1nc(C2CCCN2C(=O)Cc2csc(C(C)C)n2)no1. The Morgan fingerprint density at radius 2 is 2.32 bits per heavy atom. The number of hydrogen-bond acceptors (Lipinski definition) is 6. The van der Waals surface area contributed by atoms with Gasteiger partial charge in [0.2, 0.25) is 11.8 Å². The van der Waals surface area contributed by atoms with Gasteiger partial charge < -0.3 is 9.42 Å². The highest BCUT2D eigenvalue weighted by atomic mass is 32.1. The summed E-state index contributed by atoms with van der Waals surface area (Å²) in [5.41, 5.74) is 0.855. The molecule has 22 heavy (non-hydrogen) atoms. The van der Waals surface area contributed by atoms with Crippen molar-refractivity contribution in [2.45, 2.75) is 52.0 Å². The molecule has 0 bridgehead atoms. The summed E-state index contributed by atoms with van der Waals surface area (Å²) in [5.74, 6) is 1.64. The first kappa shape index (κ1) is 15.1. The monoisotopic (exact) mass is 320 g/mol. The molecule has 1 unspecified atom stereocenters. The Morgan fingerprint density at radius 1 is 1.50 bits per heavy atom. The number of aromatic nitrogens is 3. The summed E-state index contributed by atoms with van der Waals surface area (Å²) in [7, 11) is 0. The molecule has 1 fully saturated rings. The van der Waals surface area contributed by atoms with E-state index in [9.17, 15) is 4.79 Å². The smallest absolute Gasteiger partial charge is 0.229 e. The van der Waals surface area contributed by atoms with Gasteiger partial charge in [-0.3, -0.25) is 4.79 Å². The van der Waals surface area contributed by atoms with Crippen LogP contribution in [0.1, 0.15) is 61.1 Å². The quantitative estimate of drug-likeness (QED) is 0.866. The number of aryl methyl sites for hydroxylation is 1. The van der Waals surface area contributed by atoms with Gasteiger partial charge >= 0.3 is 0 Å². The number of hydrogen-bond donors (Lipinski definition) is 0. The Labute approximate surface area is 133 Å². The standard InChI is InChI=1S/C15H20N4O2S/c1-9(2)15-17-11(8-22-15)7-13(20)19-6-4-5-12(19)14-16-10(3)21-18-14/h8-9,12H,4-7H2,1-3H3. The topological polar surface area (TPSA) is 72.1 Å². The fraction of sp³-hybridized carbons (Fsp3) is 0.600. The molecule has 2 aromatic rings. The van der Waals surface area contributed by atoms with Gasteiger partial charge in [-0.25, -0.2) is 4.98 Å². The number of rotatable bonds is 4. The molecule has 0 saturated carbocycles. The van der Waals surface area contributed by atoms with Crippen molar-refractivity contribution in [3.05, 3.63) is 27.8 Å². The van der Waals surface area contributed by atoms with Gasteiger partial charge in [-0.05, 0) is 12.8 Å². The average molecular weight is 320 g/mol. The summed E-state index contributed by atoms with van der Waals surface area (Å²) in [5, 5.41) is 7.03. The van der Waals surface area contributed by atoms with E-state index in [1.54, 1.807) is 18.3 Å². The normalized spacial score (nSPS) is 18.4. The number of carbonyl (C=O) groups is 1. The molecule has 0 spiro atoms. The zero-order valence-electron chi connectivity index (χ0n) is 13.1. The van der Waals surface area contributed by atoms with Crippen LogP contribution in [-0.2, 0) is 11.2 Å². The molecule has 1 atom stereocenters. The molecule has 1 aliphatic rings. The van der Waals surface area contributed by atoms with Gasteiger partial charge in [0.1, 0.15) is 0 Å². The number of thiazole rings is 1. The van der Waals surface area contributed by atoms with E-state index in [0.29, 0.717) is 24.1 Å². The van der Waals surface area contributed by atoms with Crippen LogP contribution in [0.2, 0.25) is 0 Å². The lowest BCUT2D eigenvalue weighted by Crippen LogP contribution is -2.32. The van der Waals surface area contributed by atoms with Crippen LogP contribution >= 0.6 is 11.3 Å². The van der Waals surface area contributed by atoms with E-state index in [4.69, 9.17) is 4.52 Å². The summed E-state index contributed by atoms with van der Waals surface area (Å²) in [4.78, 5) is 23.3. The van der Waals surface area contributed by atoms with Crippen LogP contribution in [-0.4, -0.2) is 32.5 Å². The van der Waals surface area contributed by atoms with Crippen LogP contribution in [0, 0.1) is 6.92 Å². The molecule has 6 nitrogen and oxygen atoms in total. The maximum atomic E-state index is 12.6. The number of carbonyl (C=O) groups excluding carboxylic acids is 1. The number of likely N-dealkylation sites (tertiary alicyclic amines) is 1. The minimum Gasteiger partial charge on any atom is -0.340 e. The summed E-state index contributed by atoms with van der Waals surface area (Å²) in [6, 6.07) is -0.0619. The third-order valence-corrected chi connectivity index (χ3v) is 5.00. The van der Waals surface area contributed by atoms with E-state index < -0.39 is 0 Å². The molecule has 1 saturated heterocycles. The van der Waals surface area contributed by atoms with Gasteiger partial charge in [0.05, 0.1) is 23.2 Å². The molecular weight excluding hydrogens is 300 g/mol. The van der Waals surface area contributed by atoms with E-state index in [2.05, 4.69) is 29.0 Å². The van der Waals surface area contributed by atoms with E-state index in [1.165, 1.54) is 0 Å². The van der Waals surface area contributed by atoms with Crippen molar-refractivity contribution in [2.75, 3.05) is 6.54 Å². The van der Waals surface area contributed by atoms with Gasteiger partial charge in [0.25, 0.3) is 0 Å². The van der Waals surface area contributed by atoms with Gasteiger partial charge in [0.15, 0.2) is 5.82 Å². The maximum absolute atomic E-state index is 12.6. The molecule has 0 aliphatic carbocycles. The molecule has 7 heteroatoms. The third kappa shape index (κ3) is 3.04. The zero-order valence-corrected chi connectivity index (χ0v) is 13.9. The predicted octanol–water partition coefficient (Wildman–Crippen LogP) is 2.86. The van der Waals surface area contributed by atoms with E-state index in [-0.39, 0.29) is 11.9 Å². The molecule has 1 amide bonds. The van der Waals surface area contributed by atoms with Gasteiger partial charge in [-0.2, -0.15) is 4.98 Å². The second-order valence-electron chi connectivity index (χ2n) is 5.93. The first-order valence-electron chi connectivity index (χ1n) is 7.58. The summed E-state index contributed by atoms with van der Waals surface area (Å²) >= 11 is 1.62. The van der Waals surface area contributed by atoms with Gasteiger partial charge in [-0.15, -0.1) is 11.3 Å². The van der Waals surface area contributed by atoms with Crippen molar-refractivity contribution in [3.63, 3.8) is 0 Å². The average Bonchev–Trinajstić information content (AvgIpc) is 3.16. The number of nitrogens with zero attached hydrogens (tertiary/aromatic N) is 4. The summed E-state index contributed by atoms with van der Waals surface area (Å²) < 4.78 is 5.04. The largest absolute Gasteiger partial charge is 0.340 e. The van der Waals surface area contributed by atoms with E-state index in [0.717, 1.165) is 30.1 Å². The first-order valence-corrected chi connectivity index (χ1v) is 8.46. The lowest BCUT2D eigenvalue weighted by molar-refractivity contribution is -0.131. The Balaban J connectivity index is 1.70. The van der Waals surface area contributed by atoms with Crippen molar-refractivity contribution in [2.24, 2.45) is 0 Å². The highest BCUT2D eigenvalue weighted by Crippen LogP contribution is 2.31.